The molecule has 2 rings (SSSR count). The van der Waals surface area contributed by atoms with Crippen LogP contribution in [0.25, 0.3) is 11.1 Å². The van der Waals surface area contributed by atoms with Crippen molar-refractivity contribution in [1.29, 1.82) is 0 Å². The van der Waals surface area contributed by atoms with Crippen molar-refractivity contribution >= 4 is 6.29 Å². The Balaban J connectivity index is 2.64. The fraction of sp³-hybridized carbons (Fsp3) is 0.0714. The molecular formula is C14H8F4O. The van der Waals surface area contributed by atoms with Gasteiger partial charge in [-0.25, -0.2) is 4.39 Å². The maximum atomic E-state index is 13.0. The molecule has 19 heavy (non-hydrogen) atoms. The molecule has 0 saturated heterocycles. The van der Waals surface area contributed by atoms with Crippen LogP contribution >= 0.6 is 0 Å². The zero-order valence-corrected chi connectivity index (χ0v) is 9.54. The Bertz CT molecular complexity index is 617. The summed E-state index contributed by atoms with van der Waals surface area (Å²) in [4.78, 5) is 10.6. The highest BCUT2D eigenvalue weighted by Crippen LogP contribution is 2.37. The Morgan fingerprint density at radius 1 is 1.00 bits per heavy atom. The van der Waals surface area contributed by atoms with Gasteiger partial charge in [0.15, 0.2) is 0 Å². The highest BCUT2D eigenvalue weighted by molar-refractivity contribution is 5.79. The summed E-state index contributed by atoms with van der Waals surface area (Å²) in [7, 11) is 0. The van der Waals surface area contributed by atoms with Crippen molar-refractivity contribution in [1.82, 2.24) is 0 Å². The lowest BCUT2D eigenvalue weighted by Crippen LogP contribution is -2.07. The summed E-state index contributed by atoms with van der Waals surface area (Å²) >= 11 is 0. The molecule has 0 aromatic heterocycles. The molecule has 0 unspecified atom stereocenters. The molecule has 0 spiro atoms. The van der Waals surface area contributed by atoms with Crippen LogP contribution in [0.15, 0.2) is 42.5 Å². The normalized spacial score (nSPS) is 11.4. The number of hydrogen-bond donors (Lipinski definition) is 0. The quantitative estimate of drug-likeness (QED) is 0.585. The topological polar surface area (TPSA) is 17.1 Å². The summed E-state index contributed by atoms with van der Waals surface area (Å²) in [5, 5.41) is 0. The third-order valence-electron chi connectivity index (χ3n) is 2.62. The second-order valence-corrected chi connectivity index (χ2v) is 3.93. The number of carbonyl (C=O) groups excluding carboxylic acids is 1. The Morgan fingerprint density at radius 3 is 2.37 bits per heavy atom. The Kier molecular flexibility index (Phi) is 3.38. The zero-order valence-electron chi connectivity index (χ0n) is 9.54. The smallest absolute Gasteiger partial charge is 0.298 e. The van der Waals surface area contributed by atoms with Crippen molar-refractivity contribution in [2.75, 3.05) is 0 Å². The number of halogens is 4. The van der Waals surface area contributed by atoms with Crippen LogP contribution in [0.3, 0.4) is 0 Å². The molecule has 2 aromatic carbocycles. The zero-order chi connectivity index (χ0) is 14.0. The van der Waals surface area contributed by atoms with Crippen LogP contribution in [0, 0.1) is 5.82 Å². The maximum absolute atomic E-state index is 13.0. The van der Waals surface area contributed by atoms with E-state index in [1.165, 1.54) is 24.3 Å². The van der Waals surface area contributed by atoms with Gasteiger partial charge in [0.2, 0.25) is 0 Å². The number of carbonyl (C=O) groups is 1. The first-order valence-electron chi connectivity index (χ1n) is 5.34. The SMILES string of the molecule is O=Cc1cccc(-c2ccc(F)cc2C(F)(F)F)c1. The van der Waals surface area contributed by atoms with Crippen LogP contribution in [-0.4, -0.2) is 6.29 Å². The predicted molar refractivity (Wildman–Crippen MR) is 62.2 cm³/mol. The van der Waals surface area contributed by atoms with Gasteiger partial charge in [0.1, 0.15) is 12.1 Å². The maximum Gasteiger partial charge on any atom is 0.417 e. The average molecular weight is 268 g/mol. The molecule has 1 nitrogen and oxygen atoms in total. The van der Waals surface area contributed by atoms with Crippen molar-refractivity contribution in [3.8, 4) is 11.1 Å². The first kappa shape index (κ1) is 13.3. The fourth-order valence-electron chi connectivity index (χ4n) is 1.78. The van der Waals surface area contributed by atoms with Crippen molar-refractivity contribution in [2.24, 2.45) is 0 Å². The molecule has 98 valence electrons. The van der Waals surface area contributed by atoms with Crippen LogP contribution in [0.1, 0.15) is 15.9 Å². The minimum atomic E-state index is -4.66. The minimum Gasteiger partial charge on any atom is -0.298 e. The van der Waals surface area contributed by atoms with E-state index in [4.69, 9.17) is 0 Å². The monoisotopic (exact) mass is 268 g/mol. The Hall–Kier alpha value is -2.17. The molecular weight excluding hydrogens is 260 g/mol. The predicted octanol–water partition coefficient (Wildman–Crippen LogP) is 4.32. The van der Waals surface area contributed by atoms with E-state index < -0.39 is 17.6 Å². The van der Waals surface area contributed by atoms with Crippen LogP contribution in [0.4, 0.5) is 17.6 Å². The van der Waals surface area contributed by atoms with Gasteiger partial charge in [-0.05, 0) is 29.3 Å². The van der Waals surface area contributed by atoms with Gasteiger partial charge in [-0.15, -0.1) is 0 Å². The van der Waals surface area contributed by atoms with Crippen molar-refractivity contribution in [2.45, 2.75) is 6.18 Å². The van der Waals surface area contributed by atoms with Gasteiger partial charge in [0, 0.05) is 5.56 Å². The first-order valence-corrected chi connectivity index (χ1v) is 5.34. The largest absolute Gasteiger partial charge is 0.417 e. The van der Waals surface area contributed by atoms with Gasteiger partial charge in [-0.1, -0.05) is 24.3 Å². The highest BCUT2D eigenvalue weighted by Gasteiger charge is 2.34. The van der Waals surface area contributed by atoms with E-state index in [-0.39, 0.29) is 16.7 Å². The Labute approximate surface area is 106 Å². The van der Waals surface area contributed by atoms with E-state index >= 15 is 0 Å². The van der Waals surface area contributed by atoms with E-state index in [0.717, 1.165) is 12.1 Å². The van der Waals surface area contributed by atoms with Crippen LogP contribution in [0.5, 0.6) is 0 Å². The van der Waals surface area contributed by atoms with Crippen LogP contribution in [-0.2, 0) is 6.18 Å². The molecule has 0 saturated carbocycles. The molecule has 5 heteroatoms. The molecule has 0 radical (unpaired) electrons. The molecule has 2 aromatic rings. The third kappa shape index (κ3) is 2.81. The molecule has 0 bridgehead atoms. The fourth-order valence-corrected chi connectivity index (χ4v) is 1.78. The van der Waals surface area contributed by atoms with E-state index in [2.05, 4.69) is 0 Å². The number of benzene rings is 2. The van der Waals surface area contributed by atoms with Crippen molar-refractivity contribution in [3.05, 3.63) is 59.4 Å². The van der Waals surface area contributed by atoms with Crippen LogP contribution < -0.4 is 0 Å². The molecule has 0 atom stereocenters. The summed E-state index contributed by atoms with van der Waals surface area (Å²) in [6.45, 7) is 0. The number of hydrogen-bond acceptors (Lipinski definition) is 1. The number of rotatable bonds is 2. The van der Waals surface area contributed by atoms with E-state index in [0.29, 0.717) is 12.4 Å². The summed E-state index contributed by atoms with van der Waals surface area (Å²) in [5.74, 6) is -0.956. The highest BCUT2D eigenvalue weighted by atomic mass is 19.4. The minimum absolute atomic E-state index is 0.155. The number of alkyl halides is 3. The second-order valence-electron chi connectivity index (χ2n) is 3.93. The van der Waals surface area contributed by atoms with E-state index in [1.54, 1.807) is 0 Å². The molecule has 0 fully saturated rings. The third-order valence-corrected chi connectivity index (χ3v) is 2.62. The van der Waals surface area contributed by atoms with Gasteiger partial charge < -0.3 is 0 Å². The molecule has 0 aliphatic heterocycles. The lowest BCUT2D eigenvalue weighted by Gasteiger charge is -2.13. The van der Waals surface area contributed by atoms with Gasteiger partial charge in [0.05, 0.1) is 5.56 Å². The molecule has 0 N–H and O–H groups in total. The molecule has 0 aliphatic carbocycles. The summed E-state index contributed by atoms with van der Waals surface area (Å²) < 4.78 is 51.6. The average Bonchev–Trinajstić information content (AvgIpc) is 2.37. The van der Waals surface area contributed by atoms with Crippen LogP contribution in [0.2, 0.25) is 0 Å². The summed E-state index contributed by atoms with van der Waals surface area (Å²) in [5.41, 5.74) is -0.736. The summed E-state index contributed by atoms with van der Waals surface area (Å²) in [6, 6.07) is 8.18. The van der Waals surface area contributed by atoms with Crippen molar-refractivity contribution in [3.63, 3.8) is 0 Å². The lowest BCUT2D eigenvalue weighted by molar-refractivity contribution is -0.137. The van der Waals surface area contributed by atoms with Gasteiger partial charge in [0.25, 0.3) is 0 Å². The number of aldehydes is 1. The molecule has 0 aliphatic rings. The van der Waals surface area contributed by atoms with Gasteiger partial charge in [-0.2, -0.15) is 13.2 Å². The summed E-state index contributed by atoms with van der Waals surface area (Å²) in [6.07, 6.45) is -4.12. The molecule has 0 amide bonds. The van der Waals surface area contributed by atoms with E-state index in [9.17, 15) is 22.4 Å². The van der Waals surface area contributed by atoms with Crippen molar-refractivity contribution < 1.29 is 22.4 Å². The lowest BCUT2D eigenvalue weighted by atomic mass is 9.98. The first-order chi connectivity index (χ1) is 8.91. The van der Waals surface area contributed by atoms with E-state index in [1.807, 2.05) is 0 Å². The van der Waals surface area contributed by atoms with Gasteiger partial charge >= 0.3 is 6.18 Å². The standard InChI is InChI=1S/C14H8F4O/c15-11-4-5-12(13(7-11)14(16,17)18)10-3-1-2-9(6-10)8-19/h1-8H. The molecule has 0 heterocycles. The Morgan fingerprint density at radius 2 is 1.74 bits per heavy atom. The van der Waals surface area contributed by atoms with Gasteiger partial charge in [-0.3, -0.25) is 4.79 Å². The second kappa shape index (κ2) is 4.84.